The van der Waals surface area contributed by atoms with Gasteiger partial charge in [-0.2, -0.15) is 5.10 Å². The minimum Gasteiger partial charge on any atom is -0.507 e. The lowest BCUT2D eigenvalue weighted by molar-refractivity contribution is 0.0952. The maximum atomic E-state index is 12.3. The lowest BCUT2D eigenvalue weighted by Crippen LogP contribution is -2.21. The molecule has 1 amide bonds. The molecule has 5 nitrogen and oxygen atoms in total. The zero-order chi connectivity index (χ0) is 19.2. The zero-order valence-corrected chi connectivity index (χ0v) is 15.5. The summed E-state index contributed by atoms with van der Waals surface area (Å²) in [7, 11) is 0. The monoisotopic (exact) mass is 361 g/mol. The first-order valence-electron chi connectivity index (χ1n) is 9.02. The highest BCUT2D eigenvalue weighted by Gasteiger charge is 2.11. The fourth-order valence-electron chi connectivity index (χ4n) is 3.00. The molecule has 0 heterocycles. The first-order valence-corrected chi connectivity index (χ1v) is 9.02. The number of phenols is 1. The van der Waals surface area contributed by atoms with Gasteiger partial charge < -0.3 is 10.0 Å². The van der Waals surface area contributed by atoms with Crippen molar-refractivity contribution in [3.05, 3.63) is 71.8 Å². The van der Waals surface area contributed by atoms with Crippen molar-refractivity contribution in [1.29, 1.82) is 0 Å². The fraction of sp³-hybridized carbons (Fsp3) is 0.182. The number of carbonyl (C=O) groups excluding carboxylic acids is 1. The highest BCUT2D eigenvalue weighted by atomic mass is 16.3. The van der Waals surface area contributed by atoms with Crippen molar-refractivity contribution in [2.45, 2.75) is 13.8 Å². The number of phenolic OH excluding ortho intramolecular Hbond substituents is 1. The molecule has 3 rings (SSSR count). The second-order valence-electron chi connectivity index (χ2n) is 6.18. The molecule has 5 heteroatoms. The molecule has 0 saturated heterocycles. The van der Waals surface area contributed by atoms with E-state index in [0.717, 1.165) is 35.1 Å². The summed E-state index contributed by atoms with van der Waals surface area (Å²) in [5.41, 5.74) is 4.71. The lowest BCUT2D eigenvalue weighted by atomic mass is 10.1. The highest BCUT2D eigenvalue weighted by molar-refractivity contribution is 6.01. The van der Waals surface area contributed by atoms with E-state index >= 15 is 0 Å². The van der Waals surface area contributed by atoms with E-state index in [2.05, 4.69) is 29.3 Å². The molecule has 0 fully saturated rings. The Bertz CT molecular complexity index is 961. The topological polar surface area (TPSA) is 64.9 Å². The van der Waals surface area contributed by atoms with Crippen molar-refractivity contribution in [3.63, 3.8) is 0 Å². The Balaban J connectivity index is 1.69. The van der Waals surface area contributed by atoms with E-state index < -0.39 is 5.91 Å². The van der Waals surface area contributed by atoms with Gasteiger partial charge in [0.1, 0.15) is 5.75 Å². The molecule has 138 valence electrons. The van der Waals surface area contributed by atoms with Crippen LogP contribution in [0.25, 0.3) is 10.8 Å². The van der Waals surface area contributed by atoms with Crippen molar-refractivity contribution >= 4 is 28.6 Å². The van der Waals surface area contributed by atoms with Gasteiger partial charge in [0.25, 0.3) is 5.91 Å². The Morgan fingerprint density at radius 3 is 2.30 bits per heavy atom. The van der Waals surface area contributed by atoms with Crippen LogP contribution in [0, 0.1) is 0 Å². The molecule has 3 aromatic carbocycles. The molecule has 0 aromatic heterocycles. The van der Waals surface area contributed by atoms with Gasteiger partial charge >= 0.3 is 0 Å². The summed E-state index contributed by atoms with van der Waals surface area (Å²) in [6, 6.07) is 18.8. The predicted octanol–water partition coefficient (Wildman–Crippen LogP) is 4.16. The molecule has 0 atom stereocenters. The van der Waals surface area contributed by atoms with Crippen LogP contribution in [0.5, 0.6) is 5.75 Å². The molecule has 0 bridgehead atoms. The summed E-state index contributed by atoms with van der Waals surface area (Å²) >= 11 is 0. The van der Waals surface area contributed by atoms with Crippen LogP contribution in [0.15, 0.2) is 65.8 Å². The number of hydrazone groups is 1. The minimum absolute atomic E-state index is 0.0648. The Hall–Kier alpha value is -3.34. The van der Waals surface area contributed by atoms with Gasteiger partial charge in [-0.15, -0.1) is 0 Å². The number of aromatic hydroxyl groups is 1. The van der Waals surface area contributed by atoms with E-state index in [1.165, 1.54) is 0 Å². The number of anilines is 1. The van der Waals surface area contributed by atoms with Crippen LogP contribution >= 0.6 is 0 Å². The van der Waals surface area contributed by atoms with Gasteiger partial charge in [0.15, 0.2) is 0 Å². The van der Waals surface area contributed by atoms with Crippen LogP contribution in [0.2, 0.25) is 0 Å². The summed E-state index contributed by atoms with van der Waals surface area (Å²) in [5, 5.41) is 15.9. The van der Waals surface area contributed by atoms with Crippen LogP contribution in [0.3, 0.4) is 0 Å². The Morgan fingerprint density at radius 2 is 1.67 bits per heavy atom. The molecule has 0 radical (unpaired) electrons. The van der Waals surface area contributed by atoms with Crippen molar-refractivity contribution in [2.24, 2.45) is 5.10 Å². The van der Waals surface area contributed by atoms with E-state index in [4.69, 9.17) is 0 Å². The maximum absolute atomic E-state index is 12.3. The summed E-state index contributed by atoms with van der Waals surface area (Å²) in [6.07, 6.45) is 1.59. The summed E-state index contributed by atoms with van der Waals surface area (Å²) in [6.45, 7) is 6.15. The third-order valence-electron chi connectivity index (χ3n) is 4.51. The second kappa shape index (κ2) is 8.36. The highest BCUT2D eigenvalue weighted by Crippen LogP contribution is 2.24. The maximum Gasteiger partial charge on any atom is 0.275 e. The molecule has 0 aliphatic carbocycles. The quantitative estimate of drug-likeness (QED) is 0.512. The van der Waals surface area contributed by atoms with Gasteiger partial charge in [0, 0.05) is 18.8 Å². The molecule has 0 saturated carbocycles. The van der Waals surface area contributed by atoms with E-state index in [0.29, 0.717) is 0 Å². The van der Waals surface area contributed by atoms with E-state index in [1.54, 1.807) is 18.3 Å². The molecule has 0 aliphatic rings. The van der Waals surface area contributed by atoms with Gasteiger partial charge in [-0.1, -0.05) is 36.4 Å². The number of carbonyl (C=O) groups is 1. The van der Waals surface area contributed by atoms with Crippen molar-refractivity contribution < 1.29 is 9.90 Å². The number of nitrogens with zero attached hydrogens (tertiary/aromatic N) is 2. The van der Waals surface area contributed by atoms with Crippen LogP contribution in [0.1, 0.15) is 29.8 Å². The largest absolute Gasteiger partial charge is 0.507 e. The zero-order valence-electron chi connectivity index (χ0n) is 15.5. The number of fused-ring (bicyclic) bond motifs is 1. The average Bonchev–Trinajstić information content (AvgIpc) is 2.69. The molecular formula is C22H23N3O2. The SMILES string of the molecule is CCN(CC)c1ccc(/C=N/NC(=O)c2cc3ccccc3cc2O)cc1. The summed E-state index contributed by atoms with van der Waals surface area (Å²) < 4.78 is 0. The molecule has 0 aliphatic heterocycles. The van der Waals surface area contributed by atoms with E-state index in [9.17, 15) is 9.90 Å². The standard InChI is InChI=1S/C22H23N3O2/c1-3-25(4-2)19-11-9-16(10-12-19)15-23-24-22(27)20-13-17-7-5-6-8-18(17)14-21(20)26/h5-15,26H,3-4H2,1-2H3,(H,24,27)/b23-15+. The first-order chi connectivity index (χ1) is 13.1. The predicted molar refractivity (Wildman–Crippen MR) is 111 cm³/mol. The van der Waals surface area contributed by atoms with Gasteiger partial charge in [0.2, 0.25) is 0 Å². The second-order valence-corrected chi connectivity index (χ2v) is 6.18. The number of amides is 1. The first kappa shape index (κ1) is 18.5. The lowest BCUT2D eigenvalue weighted by Gasteiger charge is -2.20. The Labute approximate surface area is 158 Å². The minimum atomic E-state index is -0.450. The summed E-state index contributed by atoms with van der Waals surface area (Å²) in [4.78, 5) is 14.6. The number of benzene rings is 3. The van der Waals surface area contributed by atoms with Gasteiger partial charge in [-0.25, -0.2) is 5.43 Å². The summed E-state index contributed by atoms with van der Waals surface area (Å²) in [5.74, 6) is -0.515. The third kappa shape index (κ3) is 4.26. The van der Waals surface area contributed by atoms with Crippen LogP contribution in [-0.2, 0) is 0 Å². The normalized spacial score (nSPS) is 11.0. The van der Waals surface area contributed by atoms with Gasteiger partial charge in [-0.05, 0) is 54.4 Å². The third-order valence-corrected chi connectivity index (χ3v) is 4.51. The van der Waals surface area contributed by atoms with Crippen molar-refractivity contribution in [3.8, 4) is 5.75 Å². The molecule has 27 heavy (non-hydrogen) atoms. The molecule has 0 spiro atoms. The van der Waals surface area contributed by atoms with Crippen LogP contribution in [0.4, 0.5) is 5.69 Å². The number of rotatable bonds is 6. The van der Waals surface area contributed by atoms with E-state index in [-0.39, 0.29) is 11.3 Å². The Morgan fingerprint density at radius 1 is 1.04 bits per heavy atom. The van der Waals surface area contributed by atoms with Crippen molar-refractivity contribution in [1.82, 2.24) is 5.43 Å². The molecule has 2 N–H and O–H groups in total. The fourth-order valence-corrected chi connectivity index (χ4v) is 3.00. The Kier molecular flexibility index (Phi) is 5.71. The average molecular weight is 361 g/mol. The van der Waals surface area contributed by atoms with Crippen LogP contribution in [-0.4, -0.2) is 30.3 Å². The van der Waals surface area contributed by atoms with Gasteiger partial charge in [-0.3, -0.25) is 4.79 Å². The number of hydrogen-bond donors (Lipinski definition) is 2. The smallest absolute Gasteiger partial charge is 0.275 e. The van der Waals surface area contributed by atoms with Crippen molar-refractivity contribution in [2.75, 3.05) is 18.0 Å². The molecule has 0 unspecified atom stereocenters. The van der Waals surface area contributed by atoms with Crippen LogP contribution < -0.4 is 10.3 Å². The van der Waals surface area contributed by atoms with E-state index in [1.807, 2.05) is 48.5 Å². The number of nitrogens with one attached hydrogen (secondary N) is 1. The molecule has 3 aromatic rings. The number of hydrogen-bond acceptors (Lipinski definition) is 4. The molecular weight excluding hydrogens is 338 g/mol. The van der Waals surface area contributed by atoms with Gasteiger partial charge in [0.05, 0.1) is 11.8 Å².